The molecule has 2 nitrogen and oxygen atoms in total. The van der Waals surface area contributed by atoms with Crippen LogP contribution in [0.1, 0.15) is 36.8 Å². The summed E-state index contributed by atoms with van der Waals surface area (Å²) in [7, 11) is 0. The molecule has 0 radical (unpaired) electrons. The van der Waals surface area contributed by atoms with Crippen LogP contribution in [0.5, 0.6) is 0 Å². The molecule has 122 valence electrons. The van der Waals surface area contributed by atoms with Gasteiger partial charge in [-0.05, 0) is 68.6 Å². The van der Waals surface area contributed by atoms with Gasteiger partial charge in [-0.2, -0.15) is 0 Å². The number of hydrogen-bond acceptors (Lipinski definition) is 2. The summed E-state index contributed by atoms with van der Waals surface area (Å²) in [5.74, 6) is -0.277. The number of likely N-dealkylation sites (tertiary alicyclic amines) is 1. The second-order valence-electron chi connectivity index (χ2n) is 6.39. The molecule has 0 spiro atoms. The van der Waals surface area contributed by atoms with Crippen LogP contribution in [0.2, 0.25) is 0 Å². The molecule has 0 amide bonds. The molecule has 1 atom stereocenters. The smallest absolute Gasteiger partial charge is 0.123 e. The predicted octanol–water partition coefficient (Wildman–Crippen LogP) is 3.94. The van der Waals surface area contributed by atoms with E-state index in [0.29, 0.717) is 6.42 Å². The second kappa shape index (κ2) is 7.24. The van der Waals surface area contributed by atoms with E-state index in [9.17, 15) is 9.50 Å². The third kappa shape index (κ3) is 3.80. The average molecular weight is 313 g/mol. The highest BCUT2D eigenvalue weighted by Gasteiger charge is 2.31. The molecule has 1 unspecified atom stereocenters. The van der Waals surface area contributed by atoms with Crippen molar-refractivity contribution in [2.24, 2.45) is 0 Å². The summed E-state index contributed by atoms with van der Waals surface area (Å²) in [6.45, 7) is 3.34. The fourth-order valence-corrected chi connectivity index (χ4v) is 3.46. The maximum atomic E-state index is 13.2. The van der Waals surface area contributed by atoms with Gasteiger partial charge in [0.25, 0.3) is 0 Å². The van der Waals surface area contributed by atoms with E-state index in [2.05, 4.69) is 4.90 Å². The first kappa shape index (κ1) is 16.2. The Bertz CT molecular complexity index is 607. The highest BCUT2D eigenvalue weighted by molar-refractivity contribution is 5.36. The zero-order valence-corrected chi connectivity index (χ0v) is 13.4. The Morgan fingerprint density at radius 1 is 0.913 bits per heavy atom. The van der Waals surface area contributed by atoms with Gasteiger partial charge in [-0.25, -0.2) is 4.39 Å². The molecule has 0 aromatic heterocycles. The monoisotopic (exact) mass is 313 g/mol. The standard InChI is InChI=1S/C20H24FNO/c21-19-11-9-18(10-12-19)20(23,17-7-2-1-3-8-17)13-6-16-22-14-4-5-15-22/h1-3,7-12,23H,4-6,13-16H2. The lowest BCUT2D eigenvalue weighted by molar-refractivity contribution is 0.0656. The van der Waals surface area contributed by atoms with E-state index in [4.69, 9.17) is 0 Å². The highest BCUT2D eigenvalue weighted by atomic mass is 19.1. The van der Waals surface area contributed by atoms with Crippen LogP contribution in [0.15, 0.2) is 54.6 Å². The first-order chi connectivity index (χ1) is 11.2. The second-order valence-corrected chi connectivity index (χ2v) is 6.39. The van der Waals surface area contributed by atoms with Gasteiger partial charge in [0.1, 0.15) is 11.4 Å². The van der Waals surface area contributed by atoms with Gasteiger partial charge < -0.3 is 10.0 Å². The van der Waals surface area contributed by atoms with E-state index in [1.54, 1.807) is 12.1 Å². The summed E-state index contributed by atoms with van der Waals surface area (Å²) >= 11 is 0. The van der Waals surface area contributed by atoms with Crippen molar-refractivity contribution in [1.29, 1.82) is 0 Å². The van der Waals surface area contributed by atoms with Crippen molar-refractivity contribution >= 4 is 0 Å². The topological polar surface area (TPSA) is 23.5 Å². The molecule has 1 saturated heterocycles. The molecule has 0 bridgehead atoms. The van der Waals surface area contributed by atoms with E-state index in [1.807, 2.05) is 30.3 Å². The van der Waals surface area contributed by atoms with Crippen molar-refractivity contribution in [3.63, 3.8) is 0 Å². The first-order valence-electron chi connectivity index (χ1n) is 8.45. The Morgan fingerprint density at radius 2 is 1.52 bits per heavy atom. The predicted molar refractivity (Wildman–Crippen MR) is 90.7 cm³/mol. The van der Waals surface area contributed by atoms with E-state index in [1.165, 1.54) is 38.1 Å². The molecular formula is C20H24FNO. The number of benzene rings is 2. The molecule has 0 saturated carbocycles. The molecule has 0 aliphatic carbocycles. The third-order valence-electron chi connectivity index (χ3n) is 4.78. The quantitative estimate of drug-likeness (QED) is 0.873. The summed E-state index contributed by atoms with van der Waals surface area (Å²) in [4.78, 5) is 2.45. The van der Waals surface area contributed by atoms with Crippen molar-refractivity contribution < 1.29 is 9.50 Å². The van der Waals surface area contributed by atoms with Crippen LogP contribution in [-0.4, -0.2) is 29.6 Å². The maximum absolute atomic E-state index is 13.2. The van der Waals surface area contributed by atoms with Crippen molar-refractivity contribution in [1.82, 2.24) is 4.90 Å². The van der Waals surface area contributed by atoms with Crippen LogP contribution in [0.4, 0.5) is 4.39 Å². The number of aliphatic hydroxyl groups is 1. The SMILES string of the molecule is OC(CCCN1CCCC1)(c1ccccc1)c1ccc(F)cc1. The molecule has 23 heavy (non-hydrogen) atoms. The summed E-state index contributed by atoms with van der Waals surface area (Å²) in [6, 6.07) is 15.9. The summed E-state index contributed by atoms with van der Waals surface area (Å²) < 4.78 is 13.2. The van der Waals surface area contributed by atoms with Crippen LogP contribution in [-0.2, 0) is 5.60 Å². The molecular weight excluding hydrogens is 289 g/mol. The van der Waals surface area contributed by atoms with Crippen LogP contribution in [0.25, 0.3) is 0 Å². The number of nitrogens with zero attached hydrogens (tertiary/aromatic N) is 1. The van der Waals surface area contributed by atoms with E-state index in [0.717, 1.165) is 24.1 Å². The summed E-state index contributed by atoms with van der Waals surface area (Å²) in [6.07, 6.45) is 4.11. The van der Waals surface area contributed by atoms with Crippen molar-refractivity contribution in [2.75, 3.05) is 19.6 Å². The Balaban J connectivity index is 1.79. The first-order valence-corrected chi connectivity index (χ1v) is 8.45. The minimum absolute atomic E-state index is 0.277. The Hall–Kier alpha value is -1.71. The van der Waals surface area contributed by atoms with Crippen molar-refractivity contribution in [3.8, 4) is 0 Å². The summed E-state index contributed by atoms with van der Waals surface area (Å²) in [5.41, 5.74) is 0.564. The lowest BCUT2D eigenvalue weighted by atomic mass is 9.82. The molecule has 1 N–H and O–H groups in total. The number of hydrogen-bond donors (Lipinski definition) is 1. The van der Waals surface area contributed by atoms with Crippen LogP contribution >= 0.6 is 0 Å². The van der Waals surface area contributed by atoms with E-state index in [-0.39, 0.29) is 5.82 Å². The van der Waals surface area contributed by atoms with E-state index >= 15 is 0 Å². The molecule has 3 heteroatoms. The van der Waals surface area contributed by atoms with E-state index < -0.39 is 5.60 Å². The molecule has 2 aromatic carbocycles. The largest absolute Gasteiger partial charge is 0.380 e. The Morgan fingerprint density at radius 3 is 2.17 bits per heavy atom. The van der Waals surface area contributed by atoms with Crippen molar-refractivity contribution in [2.45, 2.75) is 31.3 Å². The molecule has 3 rings (SSSR count). The summed E-state index contributed by atoms with van der Waals surface area (Å²) in [5, 5.41) is 11.4. The van der Waals surface area contributed by atoms with Crippen LogP contribution in [0, 0.1) is 5.82 Å². The highest BCUT2D eigenvalue weighted by Crippen LogP contribution is 2.34. The van der Waals surface area contributed by atoms with Gasteiger partial charge in [-0.3, -0.25) is 0 Å². The van der Waals surface area contributed by atoms with Gasteiger partial charge in [0.15, 0.2) is 0 Å². The van der Waals surface area contributed by atoms with Crippen molar-refractivity contribution in [3.05, 3.63) is 71.5 Å². The van der Waals surface area contributed by atoms with Gasteiger partial charge in [0, 0.05) is 0 Å². The molecule has 1 heterocycles. The lowest BCUT2D eigenvalue weighted by Crippen LogP contribution is -2.29. The maximum Gasteiger partial charge on any atom is 0.123 e. The molecule has 1 fully saturated rings. The molecule has 1 aliphatic heterocycles. The van der Waals surface area contributed by atoms with Gasteiger partial charge in [0.2, 0.25) is 0 Å². The molecule has 1 aliphatic rings. The fourth-order valence-electron chi connectivity index (χ4n) is 3.46. The minimum atomic E-state index is -1.06. The van der Waals surface area contributed by atoms with Gasteiger partial charge in [0.05, 0.1) is 0 Å². The average Bonchev–Trinajstić information content (AvgIpc) is 3.09. The number of halogens is 1. The number of rotatable bonds is 6. The zero-order chi connectivity index (χ0) is 16.1. The third-order valence-corrected chi connectivity index (χ3v) is 4.78. The van der Waals surface area contributed by atoms with Gasteiger partial charge >= 0.3 is 0 Å². The van der Waals surface area contributed by atoms with Crippen LogP contribution < -0.4 is 0 Å². The zero-order valence-electron chi connectivity index (χ0n) is 13.4. The fraction of sp³-hybridized carbons (Fsp3) is 0.400. The Kier molecular flexibility index (Phi) is 5.09. The van der Waals surface area contributed by atoms with Gasteiger partial charge in [-0.15, -0.1) is 0 Å². The van der Waals surface area contributed by atoms with Crippen LogP contribution in [0.3, 0.4) is 0 Å². The normalized spacial score (nSPS) is 18.0. The van der Waals surface area contributed by atoms with Gasteiger partial charge in [-0.1, -0.05) is 42.5 Å². The lowest BCUT2D eigenvalue weighted by Gasteiger charge is -2.30. The minimum Gasteiger partial charge on any atom is -0.380 e. The Labute approximate surface area is 137 Å². The molecule has 2 aromatic rings.